The lowest BCUT2D eigenvalue weighted by Crippen LogP contribution is -1.78. The van der Waals surface area contributed by atoms with Gasteiger partial charge in [-0.3, -0.25) is 0 Å². The molecular formula is C22H24P2S4. The van der Waals surface area contributed by atoms with Gasteiger partial charge in [-0.15, -0.1) is 63.8 Å². The third kappa shape index (κ3) is 5.04. The molecule has 0 aromatic carbocycles. The van der Waals surface area contributed by atoms with Crippen LogP contribution in [0.1, 0.15) is 22.6 Å². The van der Waals surface area contributed by atoms with Crippen molar-refractivity contribution >= 4 is 63.8 Å². The van der Waals surface area contributed by atoms with Crippen LogP contribution in [0, 0.1) is 0 Å². The molecule has 0 aliphatic rings. The quantitative estimate of drug-likeness (QED) is 0.211. The van der Waals surface area contributed by atoms with E-state index in [0.29, 0.717) is 0 Å². The summed E-state index contributed by atoms with van der Waals surface area (Å²) in [6, 6.07) is 18.3. The molecule has 0 amide bonds. The highest BCUT2D eigenvalue weighted by molar-refractivity contribution is 7.28. The summed E-state index contributed by atoms with van der Waals surface area (Å²) in [5.74, 6) is 0. The Balaban J connectivity index is 1.49. The first-order valence-corrected chi connectivity index (χ1v) is 14.4. The van der Waals surface area contributed by atoms with Crippen LogP contribution in [-0.2, 0) is 12.8 Å². The van der Waals surface area contributed by atoms with Gasteiger partial charge in [0, 0.05) is 39.0 Å². The van der Waals surface area contributed by atoms with Gasteiger partial charge < -0.3 is 0 Å². The second-order valence-corrected chi connectivity index (χ2v) is 12.3. The third-order valence-corrected chi connectivity index (χ3v) is 10.4. The van der Waals surface area contributed by atoms with Crippen molar-refractivity contribution in [1.29, 1.82) is 0 Å². The van der Waals surface area contributed by atoms with Crippen molar-refractivity contribution in [3.05, 3.63) is 58.3 Å². The normalized spacial score (nSPS) is 11.4. The van der Waals surface area contributed by atoms with E-state index in [-0.39, 0.29) is 0 Å². The van der Waals surface area contributed by atoms with Gasteiger partial charge in [0.15, 0.2) is 0 Å². The fraction of sp³-hybridized carbons (Fsp3) is 0.273. The molecule has 4 aromatic rings. The van der Waals surface area contributed by atoms with E-state index in [1.54, 1.807) is 0 Å². The number of hydrogen-bond acceptors (Lipinski definition) is 4. The van der Waals surface area contributed by atoms with E-state index in [4.69, 9.17) is 0 Å². The van der Waals surface area contributed by atoms with E-state index < -0.39 is 0 Å². The number of hydrogen-bond donors (Lipinski definition) is 0. The Morgan fingerprint density at radius 1 is 0.464 bits per heavy atom. The van der Waals surface area contributed by atoms with Crippen LogP contribution < -0.4 is 0 Å². The molecule has 0 radical (unpaired) electrons. The van der Waals surface area contributed by atoms with Crippen molar-refractivity contribution in [1.82, 2.24) is 0 Å². The van der Waals surface area contributed by atoms with E-state index >= 15 is 0 Å². The van der Waals surface area contributed by atoms with Crippen molar-refractivity contribution in [3.8, 4) is 29.3 Å². The summed E-state index contributed by atoms with van der Waals surface area (Å²) >= 11 is 7.74. The molecule has 0 nitrogen and oxygen atoms in total. The molecule has 146 valence electrons. The Bertz CT molecular complexity index is 938. The molecule has 6 heteroatoms. The molecule has 2 atom stereocenters. The van der Waals surface area contributed by atoms with Gasteiger partial charge in [0.25, 0.3) is 0 Å². The molecule has 0 aliphatic carbocycles. The van der Waals surface area contributed by atoms with E-state index in [1.807, 2.05) is 45.3 Å². The number of aryl methyl sites for hydroxylation is 2. The van der Waals surface area contributed by atoms with Gasteiger partial charge in [-0.05, 0) is 86.5 Å². The predicted molar refractivity (Wildman–Crippen MR) is 140 cm³/mol. The summed E-state index contributed by atoms with van der Waals surface area (Å²) in [6.45, 7) is 0. The molecular weight excluding hydrogens is 454 g/mol. The van der Waals surface area contributed by atoms with Crippen LogP contribution in [0.25, 0.3) is 29.3 Å². The predicted octanol–water partition coefficient (Wildman–Crippen LogP) is 8.55. The van der Waals surface area contributed by atoms with Crippen LogP contribution in [0.5, 0.6) is 0 Å². The smallest absolute Gasteiger partial charge is 0.0449 e. The first kappa shape index (κ1) is 20.9. The summed E-state index contributed by atoms with van der Waals surface area (Å²) in [7, 11) is 5.65. The standard InChI is InChI=1S/C22H24P2S4/c23-13-1-3-15-5-7-17(25-15)19-9-11-21(27-19)22-12-10-20(28-22)18-8-6-16(26-18)4-2-14-24/h5-12H,1-4,13-14,23-24H2. The van der Waals surface area contributed by atoms with Crippen LogP contribution in [0.3, 0.4) is 0 Å². The maximum atomic E-state index is 2.82. The van der Waals surface area contributed by atoms with Gasteiger partial charge in [0.05, 0.1) is 0 Å². The summed E-state index contributed by atoms with van der Waals surface area (Å²) in [4.78, 5) is 11.4. The lowest BCUT2D eigenvalue weighted by Gasteiger charge is -1.94. The fourth-order valence-corrected chi connectivity index (χ4v) is 7.84. The monoisotopic (exact) mass is 478 g/mol. The summed E-state index contributed by atoms with van der Waals surface area (Å²) in [5, 5.41) is 0. The molecule has 0 aliphatic heterocycles. The van der Waals surface area contributed by atoms with Gasteiger partial charge in [-0.1, -0.05) is 0 Å². The Morgan fingerprint density at radius 2 is 0.786 bits per heavy atom. The van der Waals surface area contributed by atoms with Gasteiger partial charge in [-0.2, -0.15) is 0 Å². The zero-order valence-electron chi connectivity index (χ0n) is 15.6. The first-order chi connectivity index (χ1) is 13.8. The average molecular weight is 479 g/mol. The van der Waals surface area contributed by atoms with Gasteiger partial charge >= 0.3 is 0 Å². The first-order valence-electron chi connectivity index (χ1n) is 9.55. The highest BCUT2D eigenvalue weighted by Crippen LogP contribution is 2.43. The highest BCUT2D eigenvalue weighted by Gasteiger charge is 2.11. The van der Waals surface area contributed by atoms with Crippen LogP contribution >= 0.6 is 63.8 Å². The van der Waals surface area contributed by atoms with Crippen molar-refractivity contribution in [2.24, 2.45) is 0 Å². The van der Waals surface area contributed by atoms with Crippen LogP contribution in [0.15, 0.2) is 48.5 Å². The SMILES string of the molecule is PCCCc1ccc(-c2ccc(-c3ccc(-c4ccc(CCCP)s4)s3)s2)s1. The van der Waals surface area contributed by atoms with Crippen molar-refractivity contribution in [2.45, 2.75) is 25.7 Å². The topological polar surface area (TPSA) is 0 Å². The molecule has 0 spiro atoms. The Morgan fingerprint density at radius 3 is 1.14 bits per heavy atom. The summed E-state index contributed by atoms with van der Waals surface area (Å²) < 4.78 is 0. The van der Waals surface area contributed by atoms with Crippen LogP contribution in [0.2, 0.25) is 0 Å². The fourth-order valence-electron chi connectivity index (χ4n) is 3.05. The highest BCUT2D eigenvalue weighted by atomic mass is 32.1. The van der Waals surface area contributed by atoms with Gasteiger partial charge in [-0.25, -0.2) is 0 Å². The molecule has 4 aromatic heterocycles. The minimum atomic E-state index is 1.18. The molecule has 4 heterocycles. The average Bonchev–Trinajstić information content (AvgIpc) is 3.49. The second-order valence-electron chi connectivity index (χ2n) is 6.64. The molecule has 28 heavy (non-hydrogen) atoms. The minimum Gasteiger partial charge on any atom is -0.139 e. The molecule has 2 unspecified atom stereocenters. The number of thiophene rings is 4. The third-order valence-electron chi connectivity index (χ3n) is 4.52. The molecule has 0 N–H and O–H groups in total. The molecule has 0 saturated carbocycles. The molecule has 0 bridgehead atoms. The van der Waals surface area contributed by atoms with Crippen LogP contribution in [-0.4, -0.2) is 12.3 Å². The Labute approximate surface area is 188 Å². The summed E-state index contributed by atoms with van der Waals surface area (Å²) in [6.07, 6.45) is 7.25. The van der Waals surface area contributed by atoms with E-state index in [1.165, 1.54) is 77.0 Å². The second kappa shape index (κ2) is 10.1. The largest absolute Gasteiger partial charge is 0.139 e. The van der Waals surface area contributed by atoms with Crippen molar-refractivity contribution in [2.75, 3.05) is 12.3 Å². The Hall–Kier alpha value is -0.340. The minimum absolute atomic E-state index is 1.18. The maximum absolute atomic E-state index is 2.82. The molecule has 0 fully saturated rings. The summed E-state index contributed by atoms with van der Waals surface area (Å²) in [5.41, 5.74) is 0. The van der Waals surface area contributed by atoms with E-state index in [2.05, 4.69) is 67.0 Å². The zero-order chi connectivity index (χ0) is 19.3. The van der Waals surface area contributed by atoms with Gasteiger partial charge in [0.2, 0.25) is 0 Å². The molecule has 0 saturated heterocycles. The van der Waals surface area contributed by atoms with Crippen molar-refractivity contribution in [3.63, 3.8) is 0 Å². The maximum Gasteiger partial charge on any atom is 0.0449 e. The van der Waals surface area contributed by atoms with E-state index in [0.717, 1.165) is 0 Å². The Kier molecular flexibility index (Phi) is 7.55. The van der Waals surface area contributed by atoms with E-state index in [9.17, 15) is 0 Å². The zero-order valence-corrected chi connectivity index (χ0v) is 21.2. The molecule has 4 rings (SSSR count). The number of rotatable bonds is 9. The lowest BCUT2D eigenvalue weighted by atomic mass is 10.3. The van der Waals surface area contributed by atoms with Gasteiger partial charge in [0.1, 0.15) is 0 Å². The lowest BCUT2D eigenvalue weighted by molar-refractivity contribution is 0.953. The van der Waals surface area contributed by atoms with Crippen molar-refractivity contribution < 1.29 is 0 Å². The van der Waals surface area contributed by atoms with Crippen LogP contribution in [0.4, 0.5) is 0 Å².